The molecule has 0 saturated heterocycles. The van der Waals surface area contributed by atoms with Crippen LogP contribution in [0.15, 0.2) is 59.7 Å². The summed E-state index contributed by atoms with van der Waals surface area (Å²) in [6.45, 7) is 2.96. The lowest BCUT2D eigenvalue weighted by Gasteiger charge is -2.06. The molecule has 7 nitrogen and oxygen atoms in total. The number of unbranched alkanes of at least 4 members (excludes halogenated alkanes) is 5. The van der Waals surface area contributed by atoms with E-state index in [0.717, 1.165) is 29.9 Å². The van der Waals surface area contributed by atoms with Crippen molar-refractivity contribution >= 4 is 12.1 Å². The molecule has 2 aromatic carbocycles. The Hall–Kier alpha value is -3.61. The molecule has 0 aliphatic heterocycles. The highest BCUT2D eigenvalue weighted by atomic mass is 16.5. The molecule has 0 saturated carbocycles. The van der Waals surface area contributed by atoms with Gasteiger partial charge in [0.05, 0.1) is 25.6 Å². The van der Waals surface area contributed by atoms with Crippen LogP contribution >= 0.6 is 0 Å². The Kier molecular flexibility index (Phi) is 9.51. The average Bonchev–Trinajstić information content (AvgIpc) is 3.35. The standard InChI is InChI=1S/C26H32N4O3/c1-3-4-5-6-7-10-17-33-22-15-13-20(14-16-22)23-18-24(29-28-23)26(31)30-27-19-21-11-8-9-12-25(21)32-2/h8-9,11-16,18-19H,3-7,10,17H2,1-2H3,(H,28,29)(H,30,31). The Morgan fingerprint density at radius 1 is 1.06 bits per heavy atom. The molecule has 0 spiro atoms. The normalized spacial score (nSPS) is 11.0. The van der Waals surface area contributed by atoms with E-state index >= 15 is 0 Å². The second-order valence-electron chi connectivity index (χ2n) is 7.75. The molecule has 0 aliphatic rings. The van der Waals surface area contributed by atoms with Crippen molar-refractivity contribution in [3.63, 3.8) is 0 Å². The number of aromatic amines is 1. The number of para-hydroxylation sites is 1. The van der Waals surface area contributed by atoms with E-state index in [9.17, 15) is 4.79 Å². The number of hydrogen-bond acceptors (Lipinski definition) is 5. The smallest absolute Gasteiger partial charge is 0.289 e. The van der Waals surface area contributed by atoms with Crippen LogP contribution in [0, 0.1) is 0 Å². The van der Waals surface area contributed by atoms with E-state index in [1.165, 1.54) is 38.3 Å². The second-order valence-corrected chi connectivity index (χ2v) is 7.75. The van der Waals surface area contributed by atoms with Gasteiger partial charge in [-0.3, -0.25) is 9.89 Å². The van der Waals surface area contributed by atoms with Gasteiger partial charge in [-0.1, -0.05) is 51.2 Å². The molecule has 3 rings (SSSR count). The van der Waals surface area contributed by atoms with E-state index in [4.69, 9.17) is 9.47 Å². The fourth-order valence-corrected chi connectivity index (χ4v) is 3.37. The fraction of sp³-hybridized carbons (Fsp3) is 0.346. The Bertz CT molecular complexity index is 1030. The lowest BCUT2D eigenvalue weighted by Crippen LogP contribution is -2.18. The molecule has 7 heteroatoms. The fourth-order valence-electron chi connectivity index (χ4n) is 3.37. The van der Waals surface area contributed by atoms with Gasteiger partial charge in [0.2, 0.25) is 0 Å². The SMILES string of the molecule is CCCCCCCCOc1ccc(-c2cc(C(=O)NN=Cc3ccccc3OC)[nH]n2)cc1. The molecule has 0 radical (unpaired) electrons. The van der Waals surface area contributed by atoms with Crippen molar-refractivity contribution in [1.29, 1.82) is 0 Å². The highest BCUT2D eigenvalue weighted by Gasteiger charge is 2.11. The van der Waals surface area contributed by atoms with Crippen LogP contribution in [0.1, 0.15) is 61.5 Å². The maximum atomic E-state index is 12.4. The van der Waals surface area contributed by atoms with Crippen LogP contribution in [0.4, 0.5) is 0 Å². The minimum atomic E-state index is -0.376. The molecule has 1 amide bonds. The largest absolute Gasteiger partial charge is 0.496 e. The summed E-state index contributed by atoms with van der Waals surface area (Å²) in [5.41, 5.74) is 5.17. The third-order valence-electron chi connectivity index (χ3n) is 5.25. The van der Waals surface area contributed by atoms with Crippen molar-refractivity contribution < 1.29 is 14.3 Å². The summed E-state index contributed by atoms with van der Waals surface area (Å²) < 4.78 is 11.1. The van der Waals surface area contributed by atoms with Crippen LogP contribution in [0.2, 0.25) is 0 Å². The third-order valence-corrected chi connectivity index (χ3v) is 5.25. The van der Waals surface area contributed by atoms with Crippen molar-refractivity contribution in [2.45, 2.75) is 45.4 Å². The summed E-state index contributed by atoms with van der Waals surface area (Å²) in [6.07, 6.45) is 8.98. The molecule has 0 fully saturated rings. The van der Waals surface area contributed by atoms with E-state index < -0.39 is 0 Å². The second kappa shape index (κ2) is 13.1. The van der Waals surface area contributed by atoms with E-state index in [1.54, 1.807) is 13.2 Å². The van der Waals surface area contributed by atoms with Crippen LogP contribution in [0.3, 0.4) is 0 Å². The molecular weight excluding hydrogens is 416 g/mol. The highest BCUT2D eigenvalue weighted by molar-refractivity contribution is 5.94. The Labute approximate surface area is 195 Å². The van der Waals surface area contributed by atoms with Gasteiger partial charge < -0.3 is 9.47 Å². The van der Waals surface area contributed by atoms with E-state index in [-0.39, 0.29) is 5.91 Å². The number of aromatic nitrogens is 2. The van der Waals surface area contributed by atoms with Gasteiger partial charge in [-0.05, 0) is 48.9 Å². The van der Waals surface area contributed by atoms with Crippen molar-refractivity contribution in [2.75, 3.05) is 13.7 Å². The van der Waals surface area contributed by atoms with Gasteiger partial charge in [0, 0.05) is 11.1 Å². The van der Waals surface area contributed by atoms with E-state index in [1.807, 2.05) is 48.5 Å². The first-order valence-corrected chi connectivity index (χ1v) is 11.5. The molecule has 0 atom stereocenters. The summed E-state index contributed by atoms with van der Waals surface area (Å²) in [6, 6.07) is 16.9. The van der Waals surface area contributed by atoms with Gasteiger partial charge in [-0.25, -0.2) is 5.43 Å². The third kappa shape index (κ3) is 7.49. The van der Waals surface area contributed by atoms with Crippen LogP contribution in [-0.2, 0) is 0 Å². The van der Waals surface area contributed by atoms with Crippen LogP contribution in [0.5, 0.6) is 11.5 Å². The topological polar surface area (TPSA) is 88.6 Å². The van der Waals surface area contributed by atoms with Gasteiger partial charge >= 0.3 is 0 Å². The van der Waals surface area contributed by atoms with Crippen molar-refractivity contribution in [2.24, 2.45) is 5.10 Å². The number of methoxy groups -OCH3 is 1. The summed E-state index contributed by atoms with van der Waals surface area (Å²) >= 11 is 0. The number of carbonyl (C=O) groups excluding carboxylic acids is 1. The highest BCUT2D eigenvalue weighted by Crippen LogP contribution is 2.22. The number of benzene rings is 2. The lowest BCUT2D eigenvalue weighted by atomic mass is 10.1. The molecule has 0 unspecified atom stereocenters. The number of nitrogens with one attached hydrogen (secondary N) is 2. The quantitative estimate of drug-likeness (QED) is 0.203. The number of amides is 1. The van der Waals surface area contributed by atoms with Gasteiger partial charge in [0.15, 0.2) is 0 Å². The first-order valence-electron chi connectivity index (χ1n) is 11.5. The summed E-state index contributed by atoms with van der Waals surface area (Å²) in [5, 5.41) is 11.0. The van der Waals surface area contributed by atoms with E-state index in [0.29, 0.717) is 17.1 Å². The maximum absolute atomic E-state index is 12.4. The van der Waals surface area contributed by atoms with Crippen LogP contribution in [0.25, 0.3) is 11.3 Å². The number of carbonyl (C=O) groups is 1. The number of hydrazone groups is 1. The minimum absolute atomic E-state index is 0.325. The first kappa shape index (κ1) is 24.0. The van der Waals surface area contributed by atoms with Gasteiger partial charge in [-0.15, -0.1) is 0 Å². The molecule has 0 aliphatic carbocycles. The summed E-state index contributed by atoms with van der Waals surface area (Å²) in [7, 11) is 1.59. The van der Waals surface area contributed by atoms with E-state index in [2.05, 4.69) is 27.6 Å². The Morgan fingerprint density at radius 2 is 1.82 bits per heavy atom. The average molecular weight is 449 g/mol. The molecule has 1 aromatic heterocycles. The van der Waals surface area contributed by atoms with Crippen LogP contribution in [-0.4, -0.2) is 36.0 Å². The molecule has 2 N–H and O–H groups in total. The van der Waals surface area contributed by atoms with Gasteiger partial charge in [0.1, 0.15) is 17.2 Å². The predicted molar refractivity (Wildman–Crippen MR) is 131 cm³/mol. The maximum Gasteiger partial charge on any atom is 0.289 e. The lowest BCUT2D eigenvalue weighted by molar-refractivity contribution is 0.0950. The number of ether oxygens (including phenoxy) is 2. The Balaban J connectivity index is 1.48. The van der Waals surface area contributed by atoms with Crippen LogP contribution < -0.4 is 14.9 Å². The van der Waals surface area contributed by atoms with Crippen molar-refractivity contribution in [3.8, 4) is 22.8 Å². The molecule has 33 heavy (non-hydrogen) atoms. The number of hydrogen-bond donors (Lipinski definition) is 2. The first-order chi connectivity index (χ1) is 16.2. The van der Waals surface area contributed by atoms with Gasteiger partial charge in [-0.2, -0.15) is 10.2 Å². The monoisotopic (exact) mass is 448 g/mol. The molecule has 174 valence electrons. The molecule has 0 bridgehead atoms. The summed E-state index contributed by atoms with van der Waals surface area (Å²) in [4.78, 5) is 12.4. The predicted octanol–water partition coefficient (Wildman–Crippen LogP) is 5.59. The van der Waals surface area contributed by atoms with Crippen molar-refractivity contribution in [1.82, 2.24) is 15.6 Å². The zero-order valence-corrected chi connectivity index (χ0v) is 19.3. The molecular formula is C26H32N4O3. The minimum Gasteiger partial charge on any atom is -0.496 e. The zero-order valence-electron chi connectivity index (χ0n) is 19.3. The van der Waals surface area contributed by atoms with Gasteiger partial charge in [0.25, 0.3) is 5.91 Å². The molecule has 1 heterocycles. The zero-order chi connectivity index (χ0) is 23.3. The van der Waals surface area contributed by atoms with Crippen molar-refractivity contribution in [3.05, 3.63) is 65.9 Å². The number of H-pyrrole nitrogens is 1. The number of nitrogens with zero attached hydrogens (tertiary/aromatic N) is 2. The molecule has 3 aromatic rings. The number of rotatable bonds is 13. The Morgan fingerprint density at radius 3 is 2.61 bits per heavy atom. The summed E-state index contributed by atoms with van der Waals surface area (Å²) in [5.74, 6) is 1.14.